The number of benzene rings is 2. The minimum absolute atomic E-state index is 0.00512. The first-order chi connectivity index (χ1) is 14.3. The smallest absolute Gasteiger partial charge is 0.338 e. The highest BCUT2D eigenvalue weighted by Crippen LogP contribution is 2.24. The Morgan fingerprint density at radius 3 is 2.53 bits per heavy atom. The van der Waals surface area contributed by atoms with Crippen LogP contribution >= 0.6 is 0 Å². The predicted molar refractivity (Wildman–Crippen MR) is 110 cm³/mol. The van der Waals surface area contributed by atoms with E-state index in [9.17, 15) is 19.7 Å². The van der Waals surface area contributed by atoms with Crippen LogP contribution in [0.15, 0.2) is 42.5 Å². The zero-order valence-corrected chi connectivity index (χ0v) is 16.8. The van der Waals surface area contributed by atoms with E-state index in [2.05, 4.69) is 20.0 Å². The molecule has 1 atom stereocenters. The molecular formula is C21H22N4O5. The summed E-state index contributed by atoms with van der Waals surface area (Å²) in [7, 11) is 1.17. The zero-order chi connectivity index (χ0) is 21.8. The van der Waals surface area contributed by atoms with E-state index in [4.69, 9.17) is 0 Å². The van der Waals surface area contributed by atoms with Gasteiger partial charge >= 0.3 is 5.97 Å². The number of para-hydroxylation sites is 2. The van der Waals surface area contributed by atoms with Gasteiger partial charge in [-0.3, -0.25) is 14.9 Å². The second-order valence-electron chi connectivity index (χ2n) is 7.31. The number of nitrogens with zero attached hydrogens (tertiary/aromatic N) is 2. The van der Waals surface area contributed by atoms with E-state index in [0.29, 0.717) is 12.2 Å². The second-order valence-corrected chi connectivity index (χ2v) is 7.31. The van der Waals surface area contributed by atoms with Crippen molar-refractivity contribution in [3.63, 3.8) is 0 Å². The summed E-state index contributed by atoms with van der Waals surface area (Å²) in [6.45, 7) is 4.04. The lowest BCUT2D eigenvalue weighted by molar-refractivity contribution is -0.384. The Balaban J connectivity index is 1.94. The number of carbonyl (C=O) groups excluding carboxylic acids is 2. The number of H-pyrrole nitrogens is 1. The van der Waals surface area contributed by atoms with Gasteiger partial charge in [0.25, 0.3) is 11.6 Å². The normalized spacial score (nSPS) is 12.0. The van der Waals surface area contributed by atoms with E-state index in [1.165, 1.54) is 13.2 Å². The number of methoxy groups -OCH3 is 1. The van der Waals surface area contributed by atoms with Gasteiger partial charge in [0, 0.05) is 17.7 Å². The Morgan fingerprint density at radius 1 is 1.20 bits per heavy atom. The van der Waals surface area contributed by atoms with E-state index in [0.717, 1.165) is 23.2 Å². The van der Waals surface area contributed by atoms with Crippen molar-refractivity contribution in [3.8, 4) is 0 Å². The molecule has 0 aliphatic rings. The number of aromatic nitrogens is 2. The van der Waals surface area contributed by atoms with Gasteiger partial charge in [-0.25, -0.2) is 9.78 Å². The molecule has 9 nitrogen and oxygen atoms in total. The number of fused-ring (bicyclic) bond motifs is 1. The van der Waals surface area contributed by atoms with Crippen molar-refractivity contribution in [1.29, 1.82) is 0 Å². The molecule has 1 unspecified atom stereocenters. The molecule has 30 heavy (non-hydrogen) atoms. The summed E-state index contributed by atoms with van der Waals surface area (Å²) >= 11 is 0. The standard InChI is InChI=1S/C21H22N4O5/c1-12(2)8-18(19-22-16-6-4-5-7-17(16)23-19)24-20(26)13-9-14(21(27)30-3)11-15(10-13)25(28)29/h4-7,9-12,18H,8H2,1-3H3,(H,22,23)(H,24,26). The van der Waals surface area contributed by atoms with Gasteiger partial charge in [-0.15, -0.1) is 0 Å². The maximum atomic E-state index is 12.9. The minimum Gasteiger partial charge on any atom is -0.465 e. The fourth-order valence-corrected chi connectivity index (χ4v) is 3.17. The lowest BCUT2D eigenvalue weighted by Crippen LogP contribution is -2.30. The highest BCUT2D eigenvalue weighted by Gasteiger charge is 2.23. The number of esters is 1. The van der Waals surface area contributed by atoms with E-state index in [-0.39, 0.29) is 22.7 Å². The van der Waals surface area contributed by atoms with E-state index in [1.54, 1.807) is 0 Å². The summed E-state index contributed by atoms with van der Waals surface area (Å²) in [6, 6.07) is 10.6. The molecule has 156 valence electrons. The van der Waals surface area contributed by atoms with Crippen LogP contribution in [-0.2, 0) is 4.74 Å². The molecular weight excluding hydrogens is 388 g/mol. The molecule has 0 radical (unpaired) electrons. The number of hydrogen-bond donors (Lipinski definition) is 2. The summed E-state index contributed by atoms with van der Waals surface area (Å²) in [5.74, 6) is -0.463. The van der Waals surface area contributed by atoms with Gasteiger partial charge in [-0.1, -0.05) is 26.0 Å². The maximum absolute atomic E-state index is 12.9. The third-order valence-corrected chi connectivity index (χ3v) is 4.56. The second kappa shape index (κ2) is 8.73. The number of nitro groups is 1. The predicted octanol–water partition coefficient (Wildman–Crippen LogP) is 3.77. The van der Waals surface area contributed by atoms with Crippen LogP contribution in [0.1, 0.15) is 52.9 Å². The molecule has 9 heteroatoms. The highest BCUT2D eigenvalue weighted by molar-refractivity contribution is 5.99. The molecule has 1 aromatic heterocycles. The van der Waals surface area contributed by atoms with E-state index in [1.807, 2.05) is 38.1 Å². The van der Waals surface area contributed by atoms with Crippen LogP contribution in [-0.4, -0.2) is 33.9 Å². The first kappa shape index (κ1) is 21.0. The molecule has 0 aliphatic heterocycles. The van der Waals surface area contributed by atoms with Crippen molar-refractivity contribution < 1.29 is 19.2 Å². The molecule has 0 saturated carbocycles. The minimum atomic E-state index is -0.760. The molecule has 3 aromatic rings. The summed E-state index contributed by atoms with van der Waals surface area (Å²) < 4.78 is 4.63. The van der Waals surface area contributed by atoms with Crippen LogP contribution in [0.2, 0.25) is 0 Å². The molecule has 1 heterocycles. The fraction of sp³-hybridized carbons (Fsp3) is 0.286. The number of imidazole rings is 1. The molecule has 2 aromatic carbocycles. The first-order valence-corrected chi connectivity index (χ1v) is 9.41. The number of ether oxygens (including phenoxy) is 1. The molecule has 0 aliphatic carbocycles. The largest absolute Gasteiger partial charge is 0.465 e. The van der Waals surface area contributed by atoms with Crippen LogP contribution < -0.4 is 5.32 Å². The molecule has 2 N–H and O–H groups in total. The molecule has 0 fully saturated rings. The third kappa shape index (κ3) is 4.62. The van der Waals surface area contributed by atoms with Gasteiger partial charge in [-0.2, -0.15) is 0 Å². The third-order valence-electron chi connectivity index (χ3n) is 4.56. The fourth-order valence-electron chi connectivity index (χ4n) is 3.17. The average molecular weight is 410 g/mol. The van der Waals surface area contributed by atoms with Crippen LogP contribution in [0.4, 0.5) is 5.69 Å². The number of hydrogen-bond acceptors (Lipinski definition) is 6. The first-order valence-electron chi connectivity index (χ1n) is 9.41. The highest BCUT2D eigenvalue weighted by atomic mass is 16.6. The number of nitrogens with one attached hydrogen (secondary N) is 2. The Morgan fingerprint density at radius 2 is 1.90 bits per heavy atom. The summed E-state index contributed by atoms with van der Waals surface area (Å²) in [4.78, 5) is 43.2. The number of nitro benzene ring substituents is 1. The van der Waals surface area contributed by atoms with Crippen LogP contribution in [0.3, 0.4) is 0 Å². The topological polar surface area (TPSA) is 127 Å². The Hall–Kier alpha value is -3.75. The van der Waals surface area contributed by atoms with Crippen molar-refractivity contribution in [2.24, 2.45) is 5.92 Å². The summed E-state index contributed by atoms with van der Waals surface area (Å²) in [5, 5.41) is 14.1. The Bertz CT molecular complexity index is 1070. The number of rotatable bonds is 7. The maximum Gasteiger partial charge on any atom is 0.338 e. The zero-order valence-electron chi connectivity index (χ0n) is 16.8. The molecule has 1 amide bonds. The van der Waals surface area contributed by atoms with Gasteiger partial charge < -0.3 is 15.0 Å². The van der Waals surface area contributed by atoms with Crippen molar-refractivity contribution >= 4 is 28.6 Å². The van der Waals surface area contributed by atoms with Gasteiger partial charge in [0.1, 0.15) is 5.82 Å². The molecule has 0 spiro atoms. The quantitative estimate of drug-likeness (QED) is 0.347. The van der Waals surface area contributed by atoms with Gasteiger partial charge in [-0.05, 0) is 30.5 Å². The number of carbonyl (C=O) groups is 2. The Kier molecular flexibility index (Phi) is 6.10. The lowest BCUT2D eigenvalue weighted by atomic mass is 10.0. The van der Waals surface area contributed by atoms with Crippen LogP contribution in [0.25, 0.3) is 11.0 Å². The van der Waals surface area contributed by atoms with Gasteiger partial charge in [0.2, 0.25) is 0 Å². The summed E-state index contributed by atoms with van der Waals surface area (Å²) in [5.41, 5.74) is 1.18. The van der Waals surface area contributed by atoms with Crippen molar-refractivity contribution in [1.82, 2.24) is 15.3 Å². The van der Waals surface area contributed by atoms with Crippen molar-refractivity contribution in [3.05, 3.63) is 69.5 Å². The molecule has 3 rings (SSSR count). The molecule has 0 saturated heterocycles. The van der Waals surface area contributed by atoms with Gasteiger partial charge in [0.05, 0.1) is 34.7 Å². The monoisotopic (exact) mass is 410 g/mol. The van der Waals surface area contributed by atoms with Crippen LogP contribution in [0.5, 0.6) is 0 Å². The van der Waals surface area contributed by atoms with Crippen molar-refractivity contribution in [2.75, 3.05) is 7.11 Å². The van der Waals surface area contributed by atoms with Crippen molar-refractivity contribution in [2.45, 2.75) is 26.3 Å². The number of amides is 1. The van der Waals surface area contributed by atoms with E-state index < -0.39 is 22.8 Å². The Labute approximate surface area is 172 Å². The number of non-ortho nitro benzene ring substituents is 1. The summed E-state index contributed by atoms with van der Waals surface area (Å²) in [6.07, 6.45) is 0.602. The lowest BCUT2D eigenvalue weighted by Gasteiger charge is -2.19. The van der Waals surface area contributed by atoms with Crippen LogP contribution in [0, 0.1) is 16.0 Å². The molecule has 0 bridgehead atoms. The number of aromatic amines is 1. The SMILES string of the molecule is COC(=O)c1cc(C(=O)NC(CC(C)C)c2nc3ccccc3[nH]2)cc([N+](=O)[O-])c1. The van der Waals surface area contributed by atoms with Gasteiger partial charge in [0.15, 0.2) is 0 Å². The van der Waals surface area contributed by atoms with E-state index >= 15 is 0 Å². The average Bonchev–Trinajstić information content (AvgIpc) is 3.16.